The summed E-state index contributed by atoms with van der Waals surface area (Å²) in [7, 11) is 0. The third-order valence-electron chi connectivity index (χ3n) is 2.34. The van der Waals surface area contributed by atoms with Crippen LogP contribution in [-0.4, -0.2) is 28.8 Å². The Morgan fingerprint density at radius 1 is 1.30 bits per heavy atom. The van der Waals surface area contributed by atoms with Gasteiger partial charge in [0.2, 0.25) is 0 Å². The van der Waals surface area contributed by atoms with E-state index in [1.165, 1.54) is 0 Å². The molecule has 0 aromatic heterocycles. The van der Waals surface area contributed by atoms with E-state index in [9.17, 15) is 9.59 Å². The predicted molar refractivity (Wildman–Crippen MR) is 83.7 cm³/mol. The van der Waals surface area contributed by atoms with Crippen molar-refractivity contribution in [3.63, 3.8) is 0 Å². The third kappa shape index (κ3) is 6.23. The molecule has 20 heavy (non-hydrogen) atoms. The van der Waals surface area contributed by atoms with Gasteiger partial charge in [0.15, 0.2) is 0 Å². The minimum atomic E-state index is -1.09. The van der Waals surface area contributed by atoms with Crippen molar-refractivity contribution in [2.24, 2.45) is 0 Å². The molecule has 6 heteroatoms. The average Bonchev–Trinajstić information content (AvgIpc) is 2.28. The van der Waals surface area contributed by atoms with Gasteiger partial charge in [-0.3, -0.25) is 0 Å². The number of carboxylic acid groups (broad SMARTS) is 1. The molecule has 0 saturated heterocycles. The van der Waals surface area contributed by atoms with Crippen molar-refractivity contribution in [2.45, 2.75) is 38.8 Å². The normalized spacial score (nSPS) is 12.6. The van der Waals surface area contributed by atoms with Crippen molar-refractivity contribution in [1.29, 1.82) is 0 Å². The van der Waals surface area contributed by atoms with Crippen LogP contribution in [0.2, 0.25) is 0 Å². The number of alkyl carbamates (subject to hydrolysis) is 1. The number of carbonyl (C=O) groups is 2. The number of amides is 1. The van der Waals surface area contributed by atoms with Crippen LogP contribution < -0.4 is 5.32 Å². The molecule has 0 spiro atoms. The van der Waals surface area contributed by atoms with Gasteiger partial charge in [-0.25, -0.2) is 9.59 Å². The minimum Gasteiger partial charge on any atom is -0.480 e. The van der Waals surface area contributed by atoms with E-state index in [4.69, 9.17) is 9.84 Å². The summed E-state index contributed by atoms with van der Waals surface area (Å²) in [6.45, 7) is 5.17. The van der Waals surface area contributed by atoms with Gasteiger partial charge in [0.1, 0.15) is 11.6 Å². The standard InChI is InChI=1S/C14H18INO4/c1-14(2,3)20-13(19)16-11(12(17)18)8-9-4-6-10(15)7-5-9/h4-7,11H,8H2,1-3H3,(H,16,19)(H,17,18)/t11-/m1/s1. The molecular weight excluding hydrogens is 373 g/mol. The highest BCUT2D eigenvalue weighted by Crippen LogP contribution is 2.10. The fourth-order valence-corrected chi connectivity index (χ4v) is 1.87. The number of rotatable bonds is 4. The SMILES string of the molecule is CC(C)(C)OC(=O)N[C@H](Cc1ccc(I)cc1)C(=O)O. The van der Waals surface area contributed by atoms with Gasteiger partial charge in [-0.1, -0.05) is 12.1 Å². The Balaban J connectivity index is 2.68. The lowest BCUT2D eigenvalue weighted by Crippen LogP contribution is -2.44. The summed E-state index contributed by atoms with van der Waals surface area (Å²) in [6.07, 6.45) is -0.513. The molecule has 1 aromatic rings. The van der Waals surface area contributed by atoms with Crippen LogP contribution in [0.3, 0.4) is 0 Å². The zero-order chi connectivity index (χ0) is 15.3. The zero-order valence-electron chi connectivity index (χ0n) is 11.6. The number of halogens is 1. The van der Waals surface area contributed by atoms with Gasteiger partial charge in [0.05, 0.1) is 0 Å². The van der Waals surface area contributed by atoms with E-state index in [-0.39, 0.29) is 6.42 Å². The van der Waals surface area contributed by atoms with Crippen LogP contribution in [0.4, 0.5) is 4.79 Å². The minimum absolute atomic E-state index is 0.214. The molecule has 1 atom stereocenters. The monoisotopic (exact) mass is 391 g/mol. The van der Waals surface area contributed by atoms with E-state index in [0.717, 1.165) is 9.13 Å². The molecule has 1 aromatic carbocycles. The molecule has 5 nitrogen and oxygen atoms in total. The Hall–Kier alpha value is -1.31. The van der Waals surface area contributed by atoms with Gasteiger partial charge in [0, 0.05) is 9.99 Å². The van der Waals surface area contributed by atoms with Crippen LogP contribution in [0, 0.1) is 3.57 Å². The maximum Gasteiger partial charge on any atom is 0.408 e. The second-order valence-electron chi connectivity index (χ2n) is 5.37. The van der Waals surface area contributed by atoms with Crippen molar-refractivity contribution in [3.8, 4) is 0 Å². The number of carbonyl (C=O) groups excluding carboxylic acids is 1. The largest absolute Gasteiger partial charge is 0.480 e. The highest BCUT2D eigenvalue weighted by molar-refractivity contribution is 14.1. The maximum atomic E-state index is 11.6. The summed E-state index contributed by atoms with van der Waals surface area (Å²) >= 11 is 2.17. The molecule has 0 aliphatic heterocycles. The van der Waals surface area contributed by atoms with E-state index >= 15 is 0 Å². The van der Waals surface area contributed by atoms with Gasteiger partial charge in [-0.15, -0.1) is 0 Å². The number of hydrogen-bond acceptors (Lipinski definition) is 3. The molecule has 0 fully saturated rings. The maximum absolute atomic E-state index is 11.6. The molecule has 0 bridgehead atoms. The quantitative estimate of drug-likeness (QED) is 0.775. The van der Waals surface area contributed by atoms with Crippen LogP contribution in [0.1, 0.15) is 26.3 Å². The van der Waals surface area contributed by atoms with Gasteiger partial charge in [-0.2, -0.15) is 0 Å². The Kier molecular flexibility index (Phi) is 5.79. The Bertz CT molecular complexity index is 479. The smallest absolute Gasteiger partial charge is 0.408 e. The zero-order valence-corrected chi connectivity index (χ0v) is 13.8. The number of hydrogen-bond donors (Lipinski definition) is 2. The summed E-state index contributed by atoms with van der Waals surface area (Å²) < 4.78 is 6.13. The number of nitrogens with one attached hydrogen (secondary N) is 1. The van der Waals surface area contributed by atoms with E-state index < -0.39 is 23.7 Å². The van der Waals surface area contributed by atoms with Crippen LogP contribution >= 0.6 is 22.6 Å². The Labute approximate surface area is 131 Å². The van der Waals surface area contributed by atoms with Gasteiger partial charge < -0.3 is 15.2 Å². The van der Waals surface area contributed by atoms with Crippen molar-refractivity contribution in [3.05, 3.63) is 33.4 Å². The van der Waals surface area contributed by atoms with Crippen LogP contribution in [0.25, 0.3) is 0 Å². The molecule has 2 N–H and O–H groups in total. The lowest BCUT2D eigenvalue weighted by atomic mass is 10.1. The predicted octanol–water partition coefficient (Wildman–Crippen LogP) is 2.81. The van der Waals surface area contributed by atoms with Crippen LogP contribution in [0.5, 0.6) is 0 Å². The molecular formula is C14H18INO4. The van der Waals surface area contributed by atoms with Crippen LogP contribution in [-0.2, 0) is 16.0 Å². The van der Waals surface area contributed by atoms with Crippen LogP contribution in [0.15, 0.2) is 24.3 Å². The lowest BCUT2D eigenvalue weighted by molar-refractivity contribution is -0.139. The third-order valence-corrected chi connectivity index (χ3v) is 3.06. The fraction of sp³-hybridized carbons (Fsp3) is 0.429. The van der Waals surface area contributed by atoms with Crippen molar-refractivity contribution >= 4 is 34.7 Å². The summed E-state index contributed by atoms with van der Waals surface area (Å²) in [5.74, 6) is -1.09. The first kappa shape index (κ1) is 16.7. The fourth-order valence-electron chi connectivity index (χ4n) is 1.51. The molecule has 0 unspecified atom stereocenters. The second kappa shape index (κ2) is 6.92. The number of benzene rings is 1. The molecule has 0 heterocycles. The molecule has 0 aliphatic carbocycles. The Morgan fingerprint density at radius 2 is 1.85 bits per heavy atom. The molecule has 110 valence electrons. The first-order chi connectivity index (χ1) is 9.17. The summed E-state index contributed by atoms with van der Waals surface area (Å²) in [6, 6.07) is 6.46. The molecule has 0 radical (unpaired) electrons. The second-order valence-corrected chi connectivity index (χ2v) is 6.61. The highest BCUT2D eigenvalue weighted by atomic mass is 127. The molecule has 0 aliphatic rings. The summed E-state index contributed by atoms with van der Waals surface area (Å²) in [5, 5.41) is 11.5. The number of carboxylic acids is 1. The van der Waals surface area contributed by atoms with Crippen molar-refractivity contribution < 1.29 is 19.4 Å². The molecule has 1 amide bonds. The van der Waals surface area contributed by atoms with E-state index in [1.807, 2.05) is 24.3 Å². The van der Waals surface area contributed by atoms with Gasteiger partial charge in [-0.05, 0) is 61.1 Å². The highest BCUT2D eigenvalue weighted by Gasteiger charge is 2.24. The van der Waals surface area contributed by atoms with E-state index in [1.54, 1.807) is 20.8 Å². The first-order valence-corrected chi connectivity index (χ1v) is 7.22. The van der Waals surface area contributed by atoms with Gasteiger partial charge >= 0.3 is 12.1 Å². The van der Waals surface area contributed by atoms with E-state index in [0.29, 0.717) is 0 Å². The van der Waals surface area contributed by atoms with Gasteiger partial charge in [0.25, 0.3) is 0 Å². The summed E-state index contributed by atoms with van der Waals surface area (Å²) in [5.41, 5.74) is 0.185. The Morgan fingerprint density at radius 3 is 2.30 bits per heavy atom. The lowest BCUT2D eigenvalue weighted by Gasteiger charge is -2.22. The topological polar surface area (TPSA) is 75.6 Å². The first-order valence-electron chi connectivity index (χ1n) is 6.14. The van der Waals surface area contributed by atoms with Crippen molar-refractivity contribution in [2.75, 3.05) is 0 Å². The summed E-state index contributed by atoms with van der Waals surface area (Å²) in [4.78, 5) is 22.8. The number of ether oxygens (including phenoxy) is 1. The number of aliphatic carboxylic acids is 1. The van der Waals surface area contributed by atoms with E-state index in [2.05, 4.69) is 27.9 Å². The molecule has 0 saturated carbocycles. The van der Waals surface area contributed by atoms with Crippen molar-refractivity contribution in [1.82, 2.24) is 5.32 Å². The molecule has 1 rings (SSSR count). The average molecular weight is 391 g/mol.